The van der Waals surface area contributed by atoms with Gasteiger partial charge in [-0.3, -0.25) is 9.69 Å². The number of alkyl halides is 1. The predicted octanol–water partition coefficient (Wildman–Crippen LogP) is 4.81. The van der Waals surface area contributed by atoms with Gasteiger partial charge in [-0.05, 0) is 48.6 Å². The van der Waals surface area contributed by atoms with E-state index < -0.39 is 6.17 Å². The molecule has 0 atom stereocenters. The molecule has 4 heterocycles. The number of halogens is 1. The first-order valence-electron chi connectivity index (χ1n) is 14.6. The number of para-hydroxylation sites is 1. The number of aryl methyl sites for hydroxylation is 1. The van der Waals surface area contributed by atoms with Crippen LogP contribution in [0.2, 0.25) is 0 Å². The quantitative estimate of drug-likeness (QED) is 0.262. The molecule has 7 rings (SSSR count). The van der Waals surface area contributed by atoms with Crippen LogP contribution in [0.1, 0.15) is 18.5 Å². The molecule has 8 nitrogen and oxygen atoms in total. The third-order valence-corrected chi connectivity index (χ3v) is 8.77. The minimum atomic E-state index is -0.722. The number of amides is 1. The van der Waals surface area contributed by atoms with Crippen molar-refractivity contribution < 1.29 is 13.9 Å². The number of likely N-dealkylation sites (tertiary alicyclic amines) is 2. The van der Waals surface area contributed by atoms with Crippen LogP contribution in [0.25, 0.3) is 22.2 Å². The lowest BCUT2D eigenvalue weighted by Gasteiger charge is -2.57. The Hall–Kier alpha value is -4.68. The van der Waals surface area contributed by atoms with Gasteiger partial charge in [-0.25, -0.2) is 14.4 Å². The monoisotopic (exact) mass is 576 g/mol. The first-order valence-corrected chi connectivity index (χ1v) is 14.6. The van der Waals surface area contributed by atoms with Gasteiger partial charge in [-0.1, -0.05) is 42.3 Å². The van der Waals surface area contributed by atoms with Gasteiger partial charge in [0.1, 0.15) is 41.2 Å². The number of anilines is 1. The number of nitrogens with zero attached hydrogens (tertiary/aromatic N) is 5. The summed E-state index contributed by atoms with van der Waals surface area (Å²) in [5, 5.41) is 0.788. The van der Waals surface area contributed by atoms with Crippen LogP contribution in [0.3, 0.4) is 0 Å². The molecule has 9 heteroatoms. The van der Waals surface area contributed by atoms with Crippen LogP contribution in [-0.2, 0) is 11.8 Å². The van der Waals surface area contributed by atoms with Crippen LogP contribution in [-0.4, -0.2) is 69.1 Å². The van der Waals surface area contributed by atoms with E-state index in [9.17, 15) is 9.18 Å². The van der Waals surface area contributed by atoms with Crippen LogP contribution in [0.5, 0.6) is 11.5 Å². The summed E-state index contributed by atoms with van der Waals surface area (Å²) in [5.74, 6) is 9.20. The van der Waals surface area contributed by atoms with Gasteiger partial charge in [0.15, 0.2) is 0 Å². The fourth-order valence-corrected chi connectivity index (χ4v) is 6.52. The molecule has 2 saturated heterocycles. The molecule has 2 aliphatic heterocycles. The highest BCUT2D eigenvalue weighted by atomic mass is 19.1. The number of aromatic nitrogens is 3. The van der Waals surface area contributed by atoms with Gasteiger partial charge in [-0.15, -0.1) is 0 Å². The molecule has 1 aliphatic carbocycles. The fraction of sp³-hybridized carbons (Fsp3) is 0.324. The number of benzene rings is 2. The summed E-state index contributed by atoms with van der Waals surface area (Å²) in [6, 6.07) is 17.6. The summed E-state index contributed by atoms with van der Waals surface area (Å²) in [6.45, 7) is 3.10. The number of carbonyl (C=O) groups excluding carboxylic acids is 1. The minimum absolute atomic E-state index is 0.0384. The molecule has 1 amide bonds. The zero-order valence-electron chi connectivity index (χ0n) is 24.0. The van der Waals surface area contributed by atoms with E-state index in [1.54, 1.807) is 6.08 Å². The van der Waals surface area contributed by atoms with Crippen molar-refractivity contribution >= 4 is 22.8 Å². The van der Waals surface area contributed by atoms with Gasteiger partial charge in [0.25, 0.3) is 0 Å². The van der Waals surface area contributed by atoms with Gasteiger partial charge in [-0.2, -0.15) is 0 Å². The van der Waals surface area contributed by atoms with Crippen LogP contribution < -0.4 is 10.5 Å². The van der Waals surface area contributed by atoms with Crippen LogP contribution >= 0.6 is 0 Å². The predicted molar refractivity (Wildman–Crippen MR) is 164 cm³/mol. The van der Waals surface area contributed by atoms with Crippen molar-refractivity contribution in [3.8, 4) is 34.5 Å². The maximum atomic E-state index is 12.9. The molecule has 2 N–H and O–H groups in total. The molecule has 1 saturated carbocycles. The molecular weight excluding hydrogens is 543 g/mol. The minimum Gasteiger partial charge on any atom is -0.457 e. The van der Waals surface area contributed by atoms with E-state index in [0.29, 0.717) is 25.5 Å². The van der Waals surface area contributed by atoms with Crippen molar-refractivity contribution in [2.24, 2.45) is 18.4 Å². The SMILES string of the molecule is Cn1c(C#CC2CC3(C2)CN(C(=O)/C=C/CN2CC(F)C2)C3)c(-c2ccc(Oc3ccccc3)cc2)c2c(N)ncnc21. The van der Waals surface area contributed by atoms with E-state index in [1.807, 2.05) is 82.1 Å². The lowest BCUT2D eigenvalue weighted by atomic mass is 9.58. The maximum Gasteiger partial charge on any atom is 0.246 e. The molecule has 1 spiro atoms. The van der Waals surface area contributed by atoms with Gasteiger partial charge in [0.05, 0.1) is 5.39 Å². The fourth-order valence-electron chi connectivity index (χ4n) is 6.52. The molecule has 3 aliphatic rings. The lowest BCUT2D eigenvalue weighted by Crippen LogP contribution is -2.63. The Balaban J connectivity index is 1.05. The Morgan fingerprint density at radius 2 is 1.81 bits per heavy atom. The Morgan fingerprint density at radius 1 is 1.09 bits per heavy atom. The molecule has 4 aromatic rings. The topological polar surface area (TPSA) is 89.5 Å². The zero-order chi connectivity index (χ0) is 29.6. The van der Waals surface area contributed by atoms with Crippen molar-refractivity contribution in [3.05, 3.63) is 78.8 Å². The van der Waals surface area contributed by atoms with E-state index in [0.717, 1.165) is 65.3 Å². The van der Waals surface area contributed by atoms with Crippen molar-refractivity contribution in [3.63, 3.8) is 0 Å². The Labute approximate surface area is 250 Å². The molecule has 0 radical (unpaired) electrons. The maximum absolute atomic E-state index is 12.9. The van der Waals surface area contributed by atoms with Crippen molar-refractivity contribution in [2.45, 2.75) is 19.0 Å². The summed E-state index contributed by atoms with van der Waals surface area (Å²) in [4.78, 5) is 25.2. The summed E-state index contributed by atoms with van der Waals surface area (Å²) in [7, 11) is 1.96. The number of nitrogens with two attached hydrogens (primary N) is 1. The van der Waals surface area contributed by atoms with Gasteiger partial charge in [0.2, 0.25) is 5.91 Å². The van der Waals surface area contributed by atoms with Crippen molar-refractivity contribution in [2.75, 3.05) is 38.5 Å². The third kappa shape index (κ3) is 5.23. The second-order valence-corrected chi connectivity index (χ2v) is 12.0. The van der Waals surface area contributed by atoms with E-state index >= 15 is 0 Å². The van der Waals surface area contributed by atoms with Crippen LogP contribution in [0.4, 0.5) is 10.2 Å². The van der Waals surface area contributed by atoms with E-state index in [1.165, 1.54) is 6.33 Å². The number of ether oxygens (including phenoxy) is 1. The largest absolute Gasteiger partial charge is 0.457 e. The lowest BCUT2D eigenvalue weighted by molar-refractivity contribution is -0.147. The normalized spacial score (nSPS) is 18.2. The number of rotatable bonds is 6. The third-order valence-electron chi connectivity index (χ3n) is 8.77. The number of carbonyl (C=O) groups is 1. The van der Waals surface area contributed by atoms with Gasteiger partial charge < -0.3 is 19.9 Å². The number of hydrogen-bond donors (Lipinski definition) is 1. The molecule has 2 aromatic heterocycles. The highest BCUT2D eigenvalue weighted by molar-refractivity contribution is 6.03. The summed E-state index contributed by atoms with van der Waals surface area (Å²) in [6.07, 6.45) is 6.19. The first kappa shape index (κ1) is 27.2. The second-order valence-electron chi connectivity index (χ2n) is 12.0. The van der Waals surface area contributed by atoms with Crippen LogP contribution in [0, 0.1) is 23.2 Å². The Morgan fingerprint density at radius 3 is 2.53 bits per heavy atom. The molecular formula is C34H33FN6O2. The van der Waals surface area contributed by atoms with E-state index in [2.05, 4.69) is 21.8 Å². The van der Waals surface area contributed by atoms with Crippen molar-refractivity contribution in [1.82, 2.24) is 24.3 Å². The molecule has 0 bridgehead atoms. The average Bonchev–Trinajstić information content (AvgIpc) is 3.23. The van der Waals surface area contributed by atoms with E-state index in [-0.39, 0.29) is 17.2 Å². The Bertz CT molecular complexity index is 1750. The van der Waals surface area contributed by atoms with Crippen LogP contribution in [0.15, 0.2) is 73.1 Å². The number of nitrogen functional groups attached to an aromatic ring is 1. The average molecular weight is 577 g/mol. The molecule has 43 heavy (non-hydrogen) atoms. The summed E-state index contributed by atoms with van der Waals surface area (Å²) >= 11 is 0. The highest BCUT2D eigenvalue weighted by Crippen LogP contribution is 2.51. The molecule has 3 fully saturated rings. The summed E-state index contributed by atoms with van der Waals surface area (Å²) in [5.41, 5.74) is 10.00. The van der Waals surface area contributed by atoms with Gasteiger partial charge in [0, 0.05) is 62.7 Å². The van der Waals surface area contributed by atoms with E-state index in [4.69, 9.17) is 10.5 Å². The number of fused-ring (bicyclic) bond motifs is 1. The molecule has 0 unspecified atom stereocenters. The van der Waals surface area contributed by atoms with Crippen molar-refractivity contribution in [1.29, 1.82) is 0 Å². The smallest absolute Gasteiger partial charge is 0.246 e. The highest BCUT2D eigenvalue weighted by Gasteiger charge is 2.52. The van der Waals surface area contributed by atoms with Gasteiger partial charge >= 0.3 is 0 Å². The molecule has 218 valence electrons. The molecule has 2 aromatic carbocycles. The standard InChI is InChI=1S/C34H33FN6O2/c1-39-28(14-9-23-16-34(17-23)20-41(21-34)29(42)8-5-15-40-18-25(35)19-40)30(31-32(36)37-22-38-33(31)39)24-10-12-27(13-11-24)43-26-6-3-2-4-7-26/h2-8,10-13,22-23,25H,15-21H2,1H3,(H2,36,37,38)/b8-5+. The number of hydrogen-bond acceptors (Lipinski definition) is 6. The summed E-state index contributed by atoms with van der Waals surface area (Å²) < 4.78 is 20.9. The second kappa shape index (κ2) is 10.9. The Kier molecular flexibility index (Phi) is 6.86. The zero-order valence-corrected chi connectivity index (χ0v) is 24.0. The first-order chi connectivity index (χ1) is 20.9.